The normalized spacial score (nSPS) is 9.67. The van der Waals surface area contributed by atoms with Crippen LogP contribution >= 0.6 is 0 Å². The lowest BCUT2D eigenvalue weighted by molar-refractivity contribution is 1.17. The third-order valence-electron chi connectivity index (χ3n) is 1.60. The van der Waals surface area contributed by atoms with E-state index in [1.54, 1.807) is 12.5 Å². The van der Waals surface area contributed by atoms with Gasteiger partial charge in [0, 0.05) is 11.8 Å². The van der Waals surface area contributed by atoms with Crippen LogP contribution in [0.15, 0.2) is 42.9 Å². The molecule has 1 aromatic heterocycles. The summed E-state index contributed by atoms with van der Waals surface area (Å²) in [7, 11) is 0. The van der Waals surface area contributed by atoms with Crippen LogP contribution < -0.4 is 0 Å². The Morgan fingerprint density at radius 1 is 1.08 bits per heavy atom. The number of nitrogens with zero attached hydrogens (tertiary/aromatic N) is 2. The highest BCUT2D eigenvalue weighted by Crippen LogP contribution is 2.13. The molecule has 0 aliphatic carbocycles. The lowest BCUT2D eigenvalue weighted by Gasteiger charge is -1.96. The SMILES string of the molecule is [c]1ccc(-c2ccncn2)cc1. The largest absolute Gasteiger partial charge is 0.245 e. The Labute approximate surface area is 70.9 Å². The number of benzene rings is 1. The molecular formula is C10H7N2. The fraction of sp³-hybridized carbons (Fsp3) is 0. The van der Waals surface area contributed by atoms with Crippen molar-refractivity contribution in [3.05, 3.63) is 48.9 Å². The van der Waals surface area contributed by atoms with E-state index in [4.69, 9.17) is 0 Å². The minimum absolute atomic E-state index is 0.944. The number of rotatable bonds is 1. The van der Waals surface area contributed by atoms with Crippen LogP contribution in [-0.2, 0) is 0 Å². The second kappa shape index (κ2) is 3.13. The zero-order valence-electron chi connectivity index (χ0n) is 6.44. The maximum absolute atomic E-state index is 4.12. The Morgan fingerprint density at radius 2 is 1.92 bits per heavy atom. The molecule has 0 N–H and O–H groups in total. The van der Waals surface area contributed by atoms with Crippen molar-refractivity contribution >= 4 is 0 Å². The molecule has 2 heteroatoms. The van der Waals surface area contributed by atoms with E-state index in [0.717, 1.165) is 11.3 Å². The van der Waals surface area contributed by atoms with Crippen molar-refractivity contribution in [2.24, 2.45) is 0 Å². The zero-order valence-corrected chi connectivity index (χ0v) is 6.44. The molecule has 2 nitrogen and oxygen atoms in total. The molecule has 57 valence electrons. The molecule has 2 rings (SSSR count). The van der Waals surface area contributed by atoms with Gasteiger partial charge in [0.1, 0.15) is 6.33 Å². The lowest BCUT2D eigenvalue weighted by atomic mass is 10.1. The van der Waals surface area contributed by atoms with Crippen molar-refractivity contribution in [3.63, 3.8) is 0 Å². The predicted molar refractivity (Wildman–Crippen MR) is 46.3 cm³/mol. The van der Waals surface area contributed by atoms with E-state index in [0.29, 0.717) is 0 Å². The van der Waals surface area contributed by atoms with E-state index in [9.17, 15) is 0 Å². The Hall–Kier alpha value is -1.70. The third-order valence-corrected chi connectivity index (χ3v) is 1.60. The highest BCUT2D eigenvalue weighted by atomic mass is 14.8. The van der Waals surface area contributed by atoms with Crippen molar-refractivity contribution in [2.45, 2.75) is 0 Å². The molecule has 0 saturated carbocycles. The van der Waals surface area contributed by atoms with Crippen molar-refractivity contribution in [1.82, 2.24) is 9.97 Å². The van der Waals surface area contributed by atoms with Gasteiger partial charge in [0.15, 0.2) is 0 Å². The molecule has 0 spiro atoms. The van der Waals surface area contributed by atoms with E-state index < -0.39 is 0 Å². The highest BCUT2D eigenvalue weighted by Gasteiger charge is 1.94. The molecule has 1 heterocycles. The molecule has 1 aromatic carbocycles. The summed E-state index contributed by atoms with van der Waals surface area (Å²) in [6.45, 7) is 0. The van der Waals surface area contributed by atoms with Crippen molar-refractivity contribution in [3.8, 4) is 11.3 Å². The van der Waals surface area contributed by atoms with E-state index >= 15 is 0 Å². The van der Waals surface area contributed by atoms with Gasteiger partial charge in [-0.15, -0.1) is 0 Å². The maximum atomic E-state index is 4.12. The summed E-state index contributed by atoms with van der Waals surface area (Å²) in [6.07, 6.45) is 3.28. The van der Waals surface area contributed by atoms with E-state index in [-0.39, 0.29) is 0 Å². The number of hydrogen-bond donors (Lipinski definition) is 0. The molecule has 0 bridgehead atoms. The molecule has 0 aliphatic rings. The molecule has 0 fully saturated rings. The first kappa shape index (κ1) is 6.98. The van der Waals surface area contributed by atoms with Crippen LogP contribution in [0.2, 0.25) is 0 Å². The summed E-state index contributed by atoms with van der Waals surface area (Å²) < 4.78 is 0. The van der Waals surface area contributed by atoms with Gasteiger partial charge in [0.2, 0.25) is 0 Å². The topological polar surface area (TPSA) is 25.8 Å². The van der Waals surface area contributed by atoms with E-state index in [2.05, 4.69) is 16.0 Å². The van der Waals surface area contributed by atoms with Crippen LogP contribution in [0.1, 0.15) is 0 Å². The molecule has 1 radical (unpaired) electrons. The van der Waals surface area contributed by atoms with Gasteiger partial charge in [-0.1, -0.05) is 24.3 Å². The Balaban J connectivity index is 2.46. The Kier molecular flexibility index (Phi) is 1.82. The van der Waals surface area contributed by atoms with Crippen molar-refractivity contribution in [1.29, 1.82) is 0 Å². The highest BCUT2D eigenvalue weighted by molar-refractivity contribution is 5.57. The van der Waals surface area contributed by atoms with Crippen molar-refractivity contribution < 1.29 is 0 Å². The van der Waals surface area contributed by atoms with Crippen LogP contribution in [0.4, 0.5) is 0 Å². The summed E-state index contributed by atoms with van der Waals surface area (Å²) in [4.78, 5) is 7.98. The van der Waals surface area contributed by atoms with Crippen LogP contribution in [-0.4, -0.2) is 9.97 Å². The monoisotopic (exact) mass is 155 g/mol. The van der Waals surface area contributed by atoms with E-state index in [1.807, 2.05) is 30.3 Å². The summed E-state index contributed by atoms with van der Waals surface area (Å²) >= 11 is 0. The van der Waals surface area contributed by atoms with E-state index in [1.165, 1.54) is 0 Å². The van der Waals surface area contributed by atoms with Crippen LogP contribution in [0.3, 0.4) is 0 Å². The average Bonchev–Trinajstić information content (AvgIpc) is 2.21. The summed E-state index contributed by atoms with van der Waals surface area (Å²) in [5.41, 5.74) is 2.04. The molecule has 12 heavy (non-hydrogen) atoms. The van der Waals surface area contributed by atoms with Crippen LogP contribution in [0, 0.1) is 6.07 Å². The second-order valence-electron chi connectivity index (χ2n) is 2.38. The zero-order chi connectivity index (χ0) is 8.23. The molecule has 0 atom stereocenters. The third kappa shape index (κ3) is 1.32. The smallest absolute Gasteiger partial charge is 0.116 e. The Morgan fingerprint density at radius 3 is 2.58 bits per heavy atom. The molecule has 2 aromatic rings. The Bertz CT molecular complexity index is 305. The summed E-state index contributed by atoms with van der Waals surface area (Å²) in [6, 6.07) is 12.5. The molecule has 0 amide bonds. The first-order valence-electron chi connectivity index (χ1n) is 3.69. The average molecular weight is 155 g/mol. The quantitative estimate of drug-likeness (QED) is 0.629. The van der Waals surface area contributed by atoms with Gasteiger partial charge in [-0.3, -0.25) is 0 Å². The van der Waals surface area contributed by atoms with Crippen molar-refractivity contribution in [2.75, 3.05) is 0 Å². The first-order chi connectivity index (χ1) is 5.97. The molecule has 0 saturated heterocycles. The van der Waals surface area contributed by atoms with Gasteiger partial charge in [-0.05, 0) is 12.1 Å². The van der Waals surface area contributed by atoms with Gasteiger partial charge in [0.05, 0.1) is 5.69 Å². The fourth-order valence-electron chi connectivity index (χ4n) is 1.02. The van der Waals surface area contributed by atoms with Gasteiger partial charge in [0.25, 0.3) is 0 Å². The van der Waals surface area contributed by atoms with Crippen LogP contribution in [0.25, 0.3) is 11.3 Å². The molecule has 0 aliphatic heterocycles. The minimum Gasteiger partial charge on any atom is -0.245 e. The predicted octanol–water partition coefficient (Wildman–Crippen LogP) is 1.94. The van der Waals surface area contributed by atoms with Crippen LogP contribution in [0.5, 0.6) is 0 Å². The number of aromatic nitrogens is 2. The minimum atomic E-state index is 0.944. The summed E-state index contributed by atoms with van der Waals surface area (Å²) in [5, 5.41) is 0. The second-order valence-corrected chi connectivity index (χ2v) is 2.38. The number of hydrogen-bond acceptors (Lipinski definition) is 2. The molecular weight excluding hydrogens is 148 g/mol. The van der Waals surface area contributed by atoms with Gasteiger partial charge < -0.3 is 0 Å². The first-order valence-corrected chi connectivity index (χ1v) is 3.69. The lowest BCUT2D eigenvalue weighted by Crippen LogP contribution is -1.82. The standard InChI is InChI=1S/C10H7N2/c1-2-4-9(5-3-1)10-6-7-11-8-12-10/h2-8H. The molecule has 0 unspecified atom stereocenters. The van der Waals surface area contributed by atoms with Gasteiger partial charge in [-0.25, -0.2) is 9.97 Å². The van der Waals surface area contributed by atoms with Gasteiger partial charge in [-0.2, -0.15) is 0 Å². The fourth-order valence-corrected chi connectivity index (χ4v) is 1.02. The maximum Gasteiger partial charge on any atom is 0.116 e. The summed E-state index contributed by atoms with van der Waals surface area (Å²) in [5.74, 6) is 0. The van der Waals surface area contributed by atoms with Gasteiger partial charge >= 0.3 is 0 Å².